The van der Waals surface area contributed by atoms with E-state index in [1.807, 2.05) is 45.9 Å². The fourth-order valence-corrected chi connectivity index (χ4v) is 2.58. The molecule has 0 aliphatic rings. The molecule has 0 aromatic carbocycles. The third-order valence-electron chi connectivity index (χ3n) is 3.93. The molecule has 3 heterocycles. The van der Waals surface area contributed by atoms with Crippen LogP contribution in [-0.4, -0.2) is 30.5 Å². The molecule has 0 saturated carbocycles. The third kappa shape index (κ3) is 2.97. The summed E-state index contributed by atoms with van der Waals surface area (Å²) in [7, 11) is 0. The van der Waals surface area contributed by atoms with Crippen molar-refractivity contribution >= 4 is 11.7 Å². The van der Waals surface area contributed by atoms with Crippen molar-refractivity contribution in [3.8, 4) is 0 Å². The van der Waals surface area contributed by atoms with Crippen molar-refractivity contribution in [3.05, 3.63) is 53.4 Å². The number of fused-ring (bicyclic) bond motifs is 1. The topological polar surface area (TPSA) is 85.1 Å². The first kappa shape index (κ1) is 16.0. The largest absolute Gasteiger partial charge is 0.341 e. The molecule has 0 fully saturated rings. The first-order valence-corrected chi connectivity index (χ1v) is 7.88. The van der Waals surface area contributed by atoms with Crippen LogP contribution in [0.3, 0.4) is 0 Å². The van der Waals surface area contributed by atoms with Gasteiger partial charge in [0.05, 0.1) is 11.7 Å². The first-order valence-electron chi connectivity index (χ1n) is 7.88. The van der Waals surface area contributed by atoms with Gasteiger partial charge in [-0.15, -0.1) is 5.10 Å². The summed E-state index contributed by atoms with van der Waals surface area (Å²) in [4.78, 5) is 25.4. The number of carbonyl (C=O) groups excluding carboxylic acids is 1. The Labute approximate surface area is 140 Å². The molecule has 0 aliphatic heterocycles. The highest BCUT2D eigenvalue weighted by Gasteiger charge is 2.24. The number of nitrogens with one attached hydrogen (secondary N) is 1. The lowest BCUT2D eigenvalue weighted by molar-refractivity contribution is 0.0914. The number of aryl methyl sites for hydroxylation is 2. The second kappa shape index (κ2) is 6.35. The van der Waals surface area contributed by atoms with Crippen LogP contribution in [0.5, 0.6) is 0 Å². The molecule has 0 aliphatic carbocycles. The lowest BCUT2D eigenvalue weighted by Crippen LogP contribution is -2.33. The van der Waals surface area contributed by atoms with E-state index in [-0.39, 0.29) is 23.7 Å². The molecule has 0 bridgehead atoms. The molecule has 0 radical (unpaired) electrons. The first-order chi connectivity index (χ1) is 11.5. The lowest BCUT2D eigenvalue weighted by Gasteiger charge is -2.22. The fraction of sp³-hybridized carbons (Fsp3) is 0.353. The van der Waals surface area contributed by atoms with Gasteiger partial charge >= 0.3 is 0 Å². The molecule has 3 aromatic rings. The lowest BCUT2D eigenvalue weighted by atomic mass is 9.97. The minimum absolute atomic E-state index is 0.107. The Kier molecular flexibility index (Phi) is 4.24. The van der Waals surface area contributed by atoms with Gasteiger partial charge in [-0.1, -0.05) is 19.9 Å². The number of carbonyl (C=O) groups is 1. The van der Waals surface area contributed by atoms with E-state index < -0.39 is 0 Å². The van der Waals surface area contributed by atoms with Gasteiger partial charge in [0.25, 0.3) is 11.7 Å². The van der Waals surface area contributed by atoms with Gasteiger partial charge in [-0.25, -0.2) is 9.50 Å². The van der Waals surface area contributed by atoms with Crippen molar-refractivity contribution in [2.45, 2.75) is 33.7 Å². The predicted octanol–water partition coefficient (Wildman–Crippen LogP) is 2.26. The van der Waals surface area contributed by atoms with E-state index in [2.05, 4.69) is 25.4 Å². The Bertz CT molecular complexity index is 886. The van der Waals surface area contributed by atoms with E-state index in [9.17, 15) is 4.79 Å². The summed E-state index contributed by atoms with van der Waals surface area (Å²) in [5.74, 6) is 0.370. The Hall–Kier alpha value is -2.83. The van der Waals surface area contributed by atoms with Crippen LogP contribution in [0, 0.1) is 19.8 Å². The number of aromatic nitrogens is 5. The molecular weight excluding hydrogens is 304 g/mol. The van der Waals surface area contributed by atoms with Crippen LogP contribution in [0.25, 0.3) is 5.78 Å². The fourth-order valence-electron chi connectivity index (χ4n) is 2.58. The number of rotatable bonds is 4. The van der Waals surface area contributed by atoms with Crippen LogP contribution in [0.1, 0.15) is 47.5 Å². The smallest absolute Gasteiger partial charge is 0.291 e. The van der Waals surface area contributed by atoms with Crippen molar-refractivity contribution in [2.24, 2.45) is 5.92 Å². The molecule has 0 unspecified atom stereocenters. The van der Waals surface area contributed by atoms with Crippen molar-refractivity contribution in [1.29, 1.82) is 0 Å². The van der Waals surface area contributed by atoms with Gasteiger partial charge in [-0.3, -0.25) is 9.78 Å². The average molecular weight is 324 g/mol. The molecule has 3 rings (SSSR count). The molecule has 24 heavy (non-hydrogen) atoms. The zero-order valence-electron chi connectivity index (χ0n) is 14.2. The Morgan fingerprint density at radius 2 is 1.96 bits per heavy atom. The van der Waals surface area contributed by atoms with E-state index in [0.717, 1.165) is 17.0 Å². The maximum atomic E-state index is 12.6. The number of hydrogen-bond acceptors (Lipinski definition) is 5. The van der Waals surface area contributed by atoms with Crippen LogP contribution in [0.2, 0.25) is 0 Å². The number of nitrogens with zero attached hydrogens (tertiary/aromatic N) is 5. The summed E-state index contributed by atoms with van der Waals surface area (Å²) in [5.41, 5.74) is 2.77. The molecule has 3 aromatic heterocycles. The number of pyridine rings is 1. The van der Waals surface area contributed by atoms with E-state index in [1.165, 1.54) is 0 Å². The maximum Gasteiger partial charge on any atom is 0.291 e. The maximum absolute atomic E-state index is 12.6. The van der Waals surface area contributed by atoms with Crippen LogP contribution in [0.15, 0.2) is 30.6 Å². The Balaban J connectivity index is 1.90. The molecule has 0 saturated heterocycles. The van der Waals surface area contributed by atoms with Crippen LogP contribution < -0.4 is 5.32 Å². The zero-order chi connectivity index (χ0) is 17.3. The standard InChI is InChI=1S/C17H20N6O/c1-10(2)13(14-11(3)6-5-8-18-14)20-16(24)15-21-17-19-9-7-12(4)23(17)22-15/h5-10,13H,1-4H3,(H,20,24)/t13-/m0/s1. The second-order valence-electron chi connectivity index (χ2n) is 6.13. The molecule has 7 nitrogen and oxygen atoms in total. The van der Waals surface area contributed by atoms with Gasteiger partial charge in [0, 0.05) is 18.1 Å². The predicted molar refractivity (Wildman–Crippen MR) is 89.5 cm³/mol. The molecular formula is C17H20N6O. The van der Waals surface area contributed by atoms with Gasteiger partial charge in [-0.05, 0) is 37.5 Å². The quantitative estimate of drug-likeness (QED) is 0.795. The molecule has 124 valence electrons. The van der Waals surface area contributed by atoms with Crippen molar-refractivity contribution in [2.75, 3.05) is 0 Å². The minimum Gasteiger partial charge on any atom is -0.341 e. The highest BCUT2D eigenvalue weighted by molar-refractivity contribution is 5.91. The number of hydrogen-bond donors (Lipinski definition) is 1. The van der Waals surface area contributed by atoms with E-state index in [4.69, 9.17) is 0 Å². The van der Waals surface area contributed by atoms with Crippen LogP contribution >= 0.6 is 0 Å². The summed E-state index contributed by atoms with van der Waals surface area (Å²) >= 11 is 0. The van der Waals surface area contributed by atoms with E-state index in [1.54, 1.807) is 16.9 Å². The van der Waals surface area contributed by atoms with E-state index >= 15 is 0 Å². The van der Waals surface area contributed by atoms with Crippen molar-refractivity contribution in [1.82, 2.24) is 29.9 Å². The normalized spacial score (nSPS) is 12.5. The van der Waals surface area contributed by atoms with Crippen molar-refractivity contribution < 1.29 is 4.79 Å². The van der Waals surface area contributed by atoms with Crippen LogP contribution in [0.4, 0.5) is 0 Å². The third-order valence-corrected chi connectivity index (χ3v) is 3.93. The minimum atomic E-state index is -0.330. The van der Waals surface area contributed by atoms with E-state index in [0.29, 0.717) is 5.78 Å². The second-order valence-corrected chi connectivity index (χ2v) is 6.13. The zero-order valence-corrected chi connectivity index (χ0v) is 14.2. The van der Waals surface area contributed by atoms with Gasteiger partial charge in [0.1, 0.15) is 0 Å². The van der Waals surface area contributed by atoms with Crippen molar-refractivity contribution in [3.63, 3.8) is 0 Å². The SMILES string of the molecule is Cc1cccnc1[C@@H](NC(=O)c1nc2nccc(C)n2n1)C(C)C. The van der Waals surface area contributed by atoms with Crippen LogP contribution in [-0.2, 0) is 0 Å². The molecule has 1 atom stereocenters. The highest BCUT2D eigenvalue weighted by atomic mass is 16.2. The molecule has 1 N–H and O–H groups in total. The average Bonchev–Trinajstić information content (AvgIpc) is 2.99. The summed E-state index contributed by atoms with van der Waals surface area (Å²) in [6.07, 6.45) is 3.38. The van der Waals surface area contributed by atoms with Gasteiger partial charge in [0.15, 0.2) is 0 Å². The monoisotopic (exact) mass is 324 g/mol. The summed E-state index contributed by atoms with van der Waals surface area (Å²) < 4.78 is 1.56. The molecule has 7 heteroatoms. The van der Waals surface area contributed by atoms with Gasteiger partial charge in [0.2, 0.25) is 5.82 Å². The Morgan fingerprint density at radius 1 is 1.17 bits per heavy atom. The summed E-state index contributed by atoms with van der Waals surface area (Å²) in [5, 5.41) is 7.25. The highest BCUT2D eigenvalue weighted by Crippen LogP contribution is 2.22. The molecule has 0 spiro atoms. The molecule has 1 amide bonds. The number of amides is 1. The van der Waals surface area contributed by atoms with Gasteiger partial charge in [-0.2, -0.15) is 4.98 Å². The van der Waals surface area contributed by atoms with Gasteiger partial charge < -0.3 is 5.32 Å². The Morgan fingerprint density at radius 3 is 2.62 bits per heavy atom. The summed E-state index contributed by atoms with van der Waals surface area (Å²) in [6.45, 7) is 7.96. The summed E-state index contributed by atoms with van der Waals surface area (Å²) in [6, 6.07) is 5.48.